The molecule has 0 aliphatic rings. The molecule has 2 rings (SSSR count). The highest BCUT2D eigenvalue weighted by atomic mass is 32.1. The van der Waals surface area contributed by atoms with Crippen molar-refractivity contribution in [3.05, 3.63) is 34.0 Å². The molecule has 0 amide bonds. The third-order valence-corrected chi connectivity index (χ3v) is 7.36. The van der Waals surface area contributed by atoms with Gasteiger partial charge in [0.1, 0.15) is 0 Å². The number of thiophene rings is 2. The van der Waals surface area contributed by atoms with Crippen molar-refractivity contribution < 1.29 is 0 Å². The van der Waals surface area contributed by atoms with Gasteiger partial charge in [-0.3, -0.25) is 0 Å². The van der Waals surface area contributed by atoms with E-state index in [9.17, 15) is 0 Å². The van der Waals surface area contributed by atoms with Crippen molar-refractivity contribution in [2.24, 2.45) is 0 Å². The fourth-order valence-electron chi connectivity index (χ4n) is 3.58. The zero-order valence-corrected chi connectivity index (χ0v) is 18.7. The van der Waals surface area contributed by atoms with Crippen molar-refractivity contribution >= 4 is 22.7 Å². The van der Waals surface area contributed by atoms with Crippen LogP contribution in [-0.4, -0.2) is 0 Å². The van der Waals surface area contributed by atoms with E-state index in [1.54, 1.807) is 11.1 Å². The van der Waals surface area contributed by atoms with E-state index in [0.29, 0.717) is 0 Å². The van der Waals surface area contributed by atoms with E-state index >= 15 is 0 Å². The molecule has 0 atom stereocenters. The molecule has 0 radical (unpaired) electrons. The van der Waals surface area contributed by atoms with Crippen molar-refractivity contribution in [2.45, 2.75) is 104 Å². The zero-order chi connectivity index (χ0) is 18.5. The number of unbranched alkanes of at least 4 members (excludes halogenated alkanes) is 10. The fourth-order valence-corrected chi connectivity index (χ4v) is 5.66. The van der Waals surface area contributed by atoms with Gasteiger partial charge >= 0.3 is 0 Å². The van der Waals surface area contributed by atoms with Crippen LogP contribution < -0.4 is 0 Å². The molecule has 2 aromatic heterocycles. The van der Waals surface area contributed by atoms with Crippen molar-refractivity contribution in [1.82, 2.24) is 0 Å². The standard InChI is InChI=1S/C24H38S2/c1-3-5-7-9-11-13-15-21-19-23(26-20-21)24-22(17-18-25-24)16-14-12-10-8-6-4-2/h17-20H,3-16H2,1-2H3. The lowest BCUT2D eigenvalue weighted by Gasteiger charge is -2.03. The van der Waals surface area contributed by atoms with Gasteiger partial charge in [0.05, 0.1) is 0 Å². The van der Waals surface area contributed by atoms with E-state index in [4.69, 9.17) is 0 Å². The Morgan fingerprint density at radius 3 is 2.00 bits per heavy atom. The largest absolute Gasteiger partial charge is 0.143 e. The van der Waals surface area contributed by atoms with E-state index in [1.165, 1.54) is 99.6 Å². The van der Waals surface area contributed by atoms with E-state index in [2.05, 4.69) is 36.7 Å². The van der Waals surface area contributed by atoms with Gasteiger partial charge in [-0.15, -0.1) is 22.7 Å². The molecule has 0 spiro atoms. The summed E-state index contributed by atoms with van der Waals surface area (Å²) in [6.07, 6.45) is 19.2. The minimum atomic E-state index is 1.26. The first-order valence-electron chi connectivity index (χ1n) is 11.0. The summed E-state index contributed by atoms with van der Waals surface area (Å²) >= 11 is 3.89. The monoisotopic (exact) mass is 390 g/mol. The van der Waals surface area contributed by atoms with Gasteiger partial charge in [0.25, 0.3) is 0 Å². The van der Waals surface area contributed by atoms with E-state index < -0.39 is 0 Å². The second-order valence-corrected chi connectivity index (χ2v) is 9.46. The second-order valence-electron chi connectivity index (χ2n) is 7.63. The molecule has 0 saturated heterocycles. The number of hydrogen-bond donors (Lipinski definition) is 0. The predicted molar refractivity (Wildman–Crippen MR) is 122 cm³/mol. The second kappa shape index (κ2) is 13.6. The molecule has 0 saturated carbocycles. The van der Waals surface area contributed by atoms with Crippen LogP contribution in [0.2, 0.25) is 0 Å². The first-order chi connectivity index (χ1) is 12.8. The first-order valence-corrected chi connectivity index (χ1v) is 12.7. The van der Waals surface area contributed by atoms with Crippen LogP contribution in [-0.2, 0) is 12.8 Å². The van der Waals surface area contributed by atoms with Gasteiger partial charge in [-0.1, -0.05) is 78.1 Å². The normalized spacial score (nSPS) is 11.3. The lowest BCUT2D eigenvalue weighted by atomic mass is 10.0. The molecule has 26 heavy (non-hydrogen) atoms. The lowest BCUT2D eigenvalue weighted by molar-refractivity contribution is 0.608. The van der Waals surface area contributed by atoms with Gasteiger partial charge in [-0.2, -0.15) is 0 Å². The third kappa shape index (κ3) is 7.96. The van der Waals surface area contributed by atoms with Gasteiger partial charge in [0.15, 0.2) is 0 Å². The summed E-state index contributed by atoms with van der Waals surface area (Å²) in [4.78, 5) is 3.04. The summed E-state index contributed by atoms with van der Waals surface area (Å²) < 4.78 is 0. The van der Waals surface area contributed by atoms with Crippen molar-refractivity contribution in [2.75, 3.05) is 0 Å². The molecule has 2 aromatic rings. The Morgan fingerprint density at radius 2 is 1.31 bits per heavy atom. The smallest absolute Gasteiger partial charge is 0.0474 e. The van der Waals surface area contributed by atoms with E-state index in [-0.39, 0.29) is 0 Å². The number of hydrogen-bond acceptors (Lipinski definition) is 2. The maximum Gasteiger partial charge on any atom is 0.0474 e. The molecule has 0 aromatic carbocycles. The van der Waals surface area contributed by atoms with Crippen LogP contribution in [0.3, 0.4) is 0 Å². The Kier molecular flexibility index (Phi) is 11.3. The summed E-state index contributed by atoms with van der Waals surface area (Å²) in [6, 6.07) is 4.83. The zero-order valence-electron chi connectivity index (χ0n) is 17.0. The van der Waals surface area contributed by atoms with Gasteiger partial charge < -0.3 is 0 Å². The third-order valence-electron chi connectivity index (χ3n) is 5.24. The van der Waals surface area contributed by atoms with E-state index in [1.807, 2.05) is 22.7 Å². The average Bonchev–Trinajstić information content (AvgIpc) is 3.30. The van der Waals surface area contributed by atoms with Gasteiger partial charge in [0.2, 0.25) is 0 Å². The van der Waals surface area contributed by atoms with E-state index in [0.717, 1.165) is 0 Å². The minimum Gasteiger partial charge on any atom is -0.143 e. The molecule has 0 bridgehead atoms. The average molecular weight is 391 g/mol. The minimum absolute atomic E-state index is 1.26. The van der Waals surface area contributed by atoms with Crippen molar-refractivity contribution in [1.29, 1.82) is 0 Å². The summed E-state index contributed by atoms with van der Waals surface area (Å²) in [5.74, 6) is 0. The summed E-state index contributed by atoms with van der Waals surface area (Å²) in [6.45, 7) is 4.58. The van der Waals surface area contributed by atoms with Crippen molar-refractivity contribution in [3.8, 4) is 9.75 Å². The molecule has 0 fully saturated rings. The molecule has 0 nitrogen and oxygen atoms in total. The highest BCUT2D eigenvalue weighted by Crippen LogP contribution is 2.35. The van der Waals surface area contributed by atoms with Crippen LogP contribution in [0.25, 0.3) is 9.75 Å². The Morgan fingerprint density at radius 1 is 0.692 bits per heavy atom. The van der Waals surface area contributed by atoms with Crippen LogP contribution in [0, 0.1) is 0 Å². The molecule has 0 N–H and O–H groups in total. The van der Waals surface area contributed by atoms with Crippen LogP contribution in [0.4, 0.5) is 0 Å². The summed E-state index contributed by atoms with van der Waals surface area (Å²) in [5, 5.41) is 4.69. The number of aryl methyl sites for hydroxylation is 2. The van der Waals surface area contributed by atoms with Gasteiger partial charge in [0, 0.05) is 9.75 Å². The molecular weight excluding hydrogens is 352 g/mol. The SMILES string of the molecule is CCCCCCCCc1csc(-c2sccc2CCCCCCCC)c1. The van der Waals surface area contributed by atoms with Gasteiger partial charge in [-0.05, 0) is 59.7 Å². The predicted octanol–water partition coefficient (Wildman–Crippen LogP) is 9.28. The van der Waals surface area contributed by atoms with Crippen LogP contribution in [0.5, 0.6) is 0 Å². The maximum absolute atomic E-state index is 2.47. The summed E-state index contributed by atoms with van der Waals surface area (Å²) in [7, 11) is 0. The molecule has 2 heteroatoms. The Balaban J connectivity index is 1.73. The maximum atomic E-state index is 2.47. The van der Waals surface area contributed by atoms with Crippen molar-refractivity contribution in [3.63, 3.8) is 0 Å². The molecule has 0 unspecified atom stereocenters. The highest BCUT2D eigenvalue weighted by Gasteiger charge is 2.09. The van der Waals surface area contributed by atoms with Gasteiger partial charge in [-0.25, -0.2) is 0 Å². The Hall–Kier alpha value is -0.600. The molecular formula is C24H38S2. The topological polar surface area (TPSA) is 0 Å². The molecule has 146 valence electrons. The molecule has 2 heterocycles. The Labute approximate surface area is 170 Å². The van der Waals surface area contributed by atoms with Crippen LogP contribution in [0.15, 0.2) is 22.9 Å². The fraction of sp³-hybridized carbons (Fsp3) is 0.667. The lowest BCUT2D eigenvalue weighted by Crippen LogP contribution is -1.86. The highest BCUT2D eigenvalue weighted by molar-refractivity contribution is 7.20. The Bertz CT molecular complexity index is 579. The molecule has 0 aliphatic carbocycles. The van der Waals surface area contributed by atoms with Crippen LogP contribution >= 0.6 is 22.7 Å². The van der Waals surface area contributed by atoms with Crippen LogP contribution in [0.1, 0.15) is 102 Å². The number of rotatable bonds is 15. The quantitative estimate of drug-likeness (QED) is 0.266. The molecule has 0 aliphatic heterocycles. The summed E-state index contributed by atoms with van der Waals surface area (Å²) in [5.41, 5.74) is 3.14. The first kappa shape index (κ1) is 21.7.